The molecule has 3 N–H and O–H groups in total. The van der Waals surface area contributed by atoms with Gasteiger partial charge in [0.25, 0.3) is 5.97 Å². The number of aliphatic imine (C=N–C) groups is 2. The number of amidine groups is 1. The van der Waals surface area contributed by atoms with Crippen LogP contribution in [0.3, 0.4) is 0 Å². The molecule has 0 amide bonds. The molecule has 2 aliphatic heterocycles. The zero-order valence-electron chi connectivity index (χ0n) is 20.4. The summed E-state index contributed by atoms with van der Waals surface area (Å²) in [5.74, 6) is 0.482. The Hall–Kier alpha value is -3.60. The topological polar surface area (TPSA) is 135 Å². The maximum atomic E-state index is 11.5. The van der Waals surface area contributed by atoms with E-state index in [1.165, 1.54) is 0 Å². The summed E-state index contributed by atoms with van der Waals surface area (Å²) in [5.41, 5.74) is 8.73. The highest BCUT2D eigenvalue weighted by atomic mass is 35.5. The first kappa shape index (κ1) is 27.4. The molecule has 1 atom stereocenters. The molecule has 3 aromatic rings. The summed E-state index contributed by atoms with van der Waals surface area (Å²) >= 11 is 12.5. The maximum Gasteiger partial charge on any atom is 0.306 e. The molecule has 38 heavy (non-hydrogen) atoms. The first-order valence-electron chi connectivity index (χ1n) is 11.3. The number of aliphatic carboxylic acids is 1. The summed E-state index contributed by atoms with van der Waals surface area (Å²) in [6.07, 6.45) is 1.00. The molecule has 0 fully saturated rings. The van der Waals surface area contributed by atoms with Crippen LogP contribution in [0.1, 0.15) is 18.1 Å². The number of fused-ring (bicyclic) bond motifs is 1. The number of benzene rings is 3. The fourth-order valence-corrected chi connectivity index (χ4v) is 5.37. The molecule has 0 radical (unpaired) electrons. The van der Waals surface area contributed by atoms with Gasteiger partial charge in [0, 0.05) is 23.5 Å². The van der Waals surface area contributed by atoms with E-state index in [9.17, 15) is 8.42 Å². The Bertz CT molecular complexity index is 1530. The van der Waals surface area contributed by atoms with Crippen LogP contribution < -0.4 is 9.92 Å². The third-order valence-corrected chi connectivity index (χ3v) is 6.65. The van der Waals surface area contributed by atoms with Crippen LogP contribution in [0.2, 0.25) is 10.0 Å². The standard InChI is InChI=1S/C24H20Cl2N4O3S.C2H4O2/c1-34(31,32)33-21-7-5-17(6-8-21)24(22-28-9-10-30(22)23(27)29-24)18-4-2-3-15(11-18)16-12-19(25)14-20(26)13-16;1-2(3)4/h2-8,11-14H,9-10H2,1H3,(H2,27,29);1H3,(H,3,4). The van der Waals surface area contributed by atoms with Gasteiger partial charge in [0.05, 0.1) is 12.8 Å². The van der Waals surface area contributed by atoms with Crippen molar-refractivity contribution in [3.8, 4) is 16.9 Å². The van der Waals surface area contributed by atoms with E-state index >= 15 is 0 Å². The smallest absolute Gasteiger partial charge is 0.306 e. The molecule has 198 valence electrons. The molecule has 5 rings (SSSR count). The number of carboxylic acids is 1. The average Bonchev–Trinajstić information content (AvgIpc) is 3.41. The SMILES string of the molecule is CC(=O)O.CS(=O)(=O)Oc1ccc(C2(c3cccc(-c4cc(Cl)cc(Cl)c4)c3)N=C(N)N3CCN=C32)cc1. The number of rotatable bonds is 5. The zero-order chi connectivity index (χ0) is 27.7. The second-order valence-electron chi connectivity index (χ2n) is 8.61. The number of hydrogen-bond acceptors (Lipinski definition) is 8. The van der Waals surface area contributed by atoms with E-state index in [4.69, 9.17) is 53.0 Å². The Kier molecular flexibility index (Phi) is 7.68. The number of carbonyl (C=O) groups is 1. The molecule has 0 spiro atoms. The number of nitrogens with two attached hydrogens (primary N) is 1. The lowest BCUT2D eigenvalue weighted by Crippen LogP contribution is -2.41. The Morgan fingerprint density at radius 3 is 2.26 bits per heavy atom. The molecule has 0 saturated carbocycles. The molecular weight excluding hydrogens is 551 g/mol. The van der Waals surface area contributed by atoms with Crippen LogP contribution in [-0.4, -0.2) is 55.5 Å². The van der Waals surface area contributed by atoms with Crippen molar-refractivity contribution < 1.29 is 22.5 Å². The average molecular weight is 575 g/mol. The zero-order valence-corrected chi connectivity index (χ0v) is 22.8. The van der Waals surface area contributed by atoms with E-state index in [1.807, 2.05) is 41.3 Å². The number of halogens is 2. The van der Waals surface area contributed by atoms with E-state index in [1.54, 1.807) is 30.3 Å². The highest BCUT2D eigenvalue weighted by Gasteiger charge is 2.50. The van der Waals surface area contributed by atoms with Crippen LogP contribution in [-0.2, 0) is 20.5 Å². The van der Waals surface area contributed by atoms with Crippen LogP contribution in [0, 0.1) is 0 Å². The number of nitrogens with zero attached hydrogens (tertiary/aromatic N) is 3. The van der Waals surface area contributed by atoms with Gasteiger partial charge in [-0.3, -0.25) is 14.7 Å². The van der Waals surface area contributed by atoms with Crippen molar-refractivity contribution in [1.82, 2.24) is 4.90 Å². The molecule has 2 heterocycles. The van der Waals surface area contributed by atoms with Crippen molar-refractivity contribution in [2.45, 2.75) is 12.5 Å². The van der Waals surface area contributed by atoms with Crippen LogP contribution in [0.4, 0.5) is 0 Å². The van der Waals surface area contributed by atoms with Gasteiger partial charge in [0.1, 0.15) is 11.6 Å². The fourth-order valence-electron chi connectivity index (χ4n) is 4.39. The minimum absolute atomic E-state index is 0.212. The van der Waals surface area contributed by atoms with Crippen molar-refractivity contribution in [2.24, 2.45) is 15.7 Å². The summed E-state index contributed by atoms with van der Waals surface area (Å²) in [6, 6.07) is 20.0. The number of hydrogen-bond donors (Lipinski definition) is 2. The summed E-state index contributed by atoms with van der Waals surface area (Å²) in [7, 11) is -3.64. The highest BCUT2D eigenvalue weighted by molar-refractivity contribution is 7.86. The fraction of sp³-hybridized carbons (Fsp3) is 0.192. The van der Waals surface area contributed by atoms with Gasteiger partial charge in [0.2, 0.25) is 0 Å². The van der Waals surface area contributed by atoms with Gasteiger partial charge in [-0.1, -0.05) is 53.5 Å². The van der Waals surface area contributed by atoms with Crippen molar-refractivity contribution in [3.63, 3.8) is 0 Å². The third kappa shape index (κ3) is 5.77. The van der Waals surface area contributed by atoms with Crippen LogP contribution in [0.5, 0.6) is 5.75 Å². The first-order valence-corrected chi connectivity index (χ1v) is 13.9. The summed E-state index contributed by atoms with van der Waals surface area (Å²) in [5, 5.41) is 8.50. The van der Waals surface area contributed by atoms with Gasteiger partial charge in [-0.05, 0) is 58.7 Å². The van der Waals surface area contributed by atoms with Gasteiger partial charge < -0.3 is 15.0 Å². The minimum atomic E-state index is -3.64. The quantitative estimate of drug-likeness (QED) is 0.432. The largest absolute Gasteiger partial charge is 0.481 e. The summed E-state index contributed by atoms with van der Waals surface area (Å²) in [4.78, 5) is 20.5. The lowest BCUT2D eigenvalue weighted by atomic mass is 9.81. The second-order valence-corrected chi connectivity index (χ2v) is 11.1. The third-order valence-electron chi connectivity index (χ3n) is 5.72. The molecule has 2 aliphatic rings. The van der Waals surface area contributed by atoms with Gasteiger partial charge in [-0.15, -0.1) is 0 Å². The molecule has 0 aliphatic carbocycles. The van der Waals surface area contributed by atoms with E-state index in [0.29, 0.717) is 29.1 Å². The maximum absolute atomic E-state index is 11.5. The highest BCUT2D eigenvalue weighted by Crippen LogP contribution is 2.43. The Morgan fingerprint density at radius 1 is 1.03 bits per heavy atom. The van der Waals surface area contributed by atoms with E-state index in [2.05, 4.69) is 0 Å². The molecule has 0 aromatic heterocycles. The number of carboxylic acid groups (broad SMARTS) is 1. The molecular formula is C26H24Cl2N4O5S. The van der Waals surface area contributed by atoms with Crippen molar-refractivity contribution in [1.29, 1.82) is 0 Å². The van der Waals surface area contributed by atoms with Crippen LogP contribution >= 0.6 is 23.2 Å². The number of guanidine groups is 1. The molecule has 0 bridgehead atoms. The summed E-state index contributed by atoms with van der Waals surface area (Å²) < 4.78 is 28.1. The van der Waals surface area contributed by atoms with Gasteiger partial charge in [-0.2, -0.15) is 8.42 Å². The monoisotopic (exact) mass is 574 g/mol. The van der Waals surface area contributed by atoms with E-state index in [0.717, 1.165) is 41.3 Å². The van der Waals surface area contributed by atoms with Gasteiger partial charge in [-0.25, -0.2) is 4.99 Å². The summed E-state index contributed by atoms with van der Waals surface area (Å²) in [6.45, 7) is 2.33. The predicted octanol–water partition coefficient (Wildman–Crippen LogP) is 4.38. The lowest BCUT2D eigenvalue weighted by Gasteiger charge is -2.29. The van der Waals surface area contributed by atoms with Crippen molar-refractivity contribution in [2.75, 3.05) is 19.3 Å². The molecule has 3 aromatic carbocycles. The Morgan fingerprint density at radius 2 is 1.66 bits per heavy atom. The molecule has 1 unspecified atom stereocenters. The molecule has 9 nitrogen and oxygen atoms in total. The van der Waals surface area contributed by atoms with Crippen LogP contribution in [0.25, 0.3) is 11.1 Å². The molecule has 0 saturated heterocycles. The van der Waals surface area contributed by atoms with Crippen LogP contribution in [0.15, 0.2) is 76.7 Å². The van der Waals surface area contributed by atoms with E-state index in [-0.39, 0.29) is 5.75 Å². The second kappa shape index (κ2) is 10.6. The predicted molar refractivity (Wildman–Crippen MR) is 149 cm³/mol. The van der Waals surface area contributed by atoms with Crippen molar-refractivity contribution in [3.05, 3.63) is 87.9 Å². The van der Waals surface area contributed by atoms with Gasteiger partial charge >= 0.3 is 10.1 Å². The Labute approximate surface area is 230 Å². The van der Waals surface area contributed by atoms with E-state index < -0.39 is 21.6 Å². The lowest BCUT2D eigenvalue weighted by molar-refractivity contribution is -0.134. The van der Waals surface area contributed by atoms with Crippen molar-refractivity contribution >= 4 is 51.1 Å². The first-order chi connectivity index (χ1) is 17.9. The normalized spacial score (nSPS) is 18.2. The molecule has 12 heteroatoms. The van der Waals surface area contributed by atoms with Gasteiger partial charge in [0.15, 0.2) is 11.5 Å². The Balaban J connectivity index is 0.000000786. The minimum Gasteiger partial charge on any atom is -0.481 e.